The molecular formula is C20H29N3O3. The lowest BCUT2D eigenvalue weighted by Crippen LogP contribution is -2.43. The van der Waals surface area contributed by atoms with Crippen molar-refractivity contribution in [2.24, 2.45) is 5.73 Å². The number of carbonyl (C=O) groups is 2. The fraction of sp³-hybridized carbons (Fsp3) is 0.500. The highest BCUT2D eigenvalue weighted by Crippen LogP contribution is 2.08. The summed E-state index contributed by atoms with van der Waals surface area (Å²) in [4.78, 5) is 24.1. The summed E-state index contributed by atoms with van der Waals surface area (Å²) in [5.74, 6) is -0.366. The Kier molecular flexibility index (Phi) is 8.31. The average Bonchev–Trinajstić information content (AvgIpc) is 2.65. The first-order valence-corrected chi connectivity index (χ1v) is 9.21. The second-order valence-corrected chi connectivity index (χ2v) is 6.68. The van der Waals surface area contributed by atoms with Crippen LogP contribution in [0.25, 0.3) is 0 Å². The van der Waals surface area contributed by atoms with Crippen LogP contribution in [0.2, 0.25) is 0 Å². The van der Waals surface area contributed by atoms with Crippen molar-refractivity contribution >= 4 is 11.8 Å². The molecule has 4 N–H and O–H groups in total. The van der Waals surface area contributed by atoms with Crippen LogP contribution in [0.3, 0.4) is 0 Å². The van der Waals surface area contributed by atoms with Gasteiger partial charge in [-0.25, -0.2) is 0 Å². The van der Waals surface area contributed by atoms with Gasteiger partial charge in [-0.2, -0.15) is 0 Å². The zero-order valence-corrected chi connectivity index (χ0v) is 15.3. The molecule has 1 heterocycles. The molecule has 6 nitrogen and oxygen atoms in total. The molecule has 0 bridgehead atoms. The van der Waals surface area contributed by atoms with Gasteiger partial charge in [0.25, 0.3) is 0 Å². The van der Waals surface area contributed by atoms with Crippen molar-refractivity contribution in [2.75, 3.05) is 13.2 Å². The summed E-state index contributed by atoms with van der Waals surface area (Å²) in [5, 5.41) is 5.88. The van der Waals surface area contributed by atoms with Gasteiger partial charge in [0, 0.05) is 31.4 Å². The van der Waals surface area contributed by atoms with Crippen LogP contribution in [0.15, 0.2) is 42.5 Å². The summed E-state index contributed by atoms with van der Waals surface area (Å²) >= 11 is 0. The first-order valence-electron chi connectivity index (χ1n) is 9.21. The molecule has 142 valence electrons. The van der Waals surface area contributed by atoms with Gasteiger partial charge in [0.1, 0.15) is 0 Å². The van der Waals surface area contributed by atoms with Gasteiger partial charge in [-0.15, -0.1) is 0 Å². The van der Waals surface area contributed by atoms with E-state index < -0.39 is 6.04 Å². The number of nitrogens with two attached hydrogens (primary N) is 1. The summed E-state index contributed by atoms with van der Waals surface area (Å²) in [5.41, 5.74) is 6.83. The van der Waals surface area contributed by atoms with Crippen LogP contribution in [-0.2, 0) is 20.7 Å². The number of benzene rings is 1. The fourth-order valence-corrected chi connectivity index (χ4v) is 2.79. The third kappa shape index (κ3) is 7.37. The first-order chi connectivity index (χ1) is 12.5. The normalized spacial score (nSPS) is 17.6. The largest absolute Gasteiger partial charge is 0.381 e. The van der Waals surface area contributed by atoms with E-state index in [1.165, 1.54) is 11.6 Å². The molecule has 26 heavy (non-hydrogen) atoms. The number of hydrogen-bond acceptors (Lipinski definition) is 4. The molecule has 0 spiro atoms. The zero-order chi connectivity index (χ0) is 18.8. The van der Waals surface area contributed by atoms with E-state index in [1.807, 2.05) is 30.3 Å². The molecule has 6 heteroatoms. The number of nitrogens with one attached hydrogen (secondary N) is 2. The quantitative estimate of drug-likeness (QED) is 0.610. The summed E-state index contributed by atoms with van der Waals surface area (Å²) in [7, 11) is 0. The second kappa shape index (κ2) is 10.7. The van der Waals surface area contributed by atoms with E-state index in [4.69, 9.17) is 10.5 Å². The lowest BCUT2D eigenvalue weighted by molar-refractivity contribution is -0.122. The third-order valence-corrected chi connectivity index (χ3v) is 4.38. The van der Waals surface area contributed by atoms with E-state index in [0.29, 0.717) is 19.6 Å². The van der Waals surface area contributed by atoms with E-state index in [2.05, 4.69) is 10.6 Å². The minimum atomic E-state index is -0.585. The average molecular weight is 359 g/mol. The predicted molar refractivity (Wildman–Crippen MR) is 101 cm³/mol. The summed E-state index contributed by atoms with van der Waals surface area (Å²) in [6.07, 6.45) is 6.42. The monoisotopic (exact) mass is 359 g/mol. The second-order valence-electron chi connectivity index (χ2n) is 6.68. The third-order valence-electron chi connectivity index (χ3n) is 4.38. The van der Waals surface area contributed by atoms with Crippen LogP contribution >= 0.6 is 0 Å². The van der Waals surface area contributed by atoms with Crippen molar-refractivity contribution in [3.8, 4) is 0 Å². The van der Waals surface area contributed by atoms with Crippen LogP contribution in [0.1, 0.15) is 31.7 Å². The van der Waals surface area contributed by atoms with Crippen LogP contribution in [0.4, 0.5) is 0 Å². The molecule has 0 saturated carbocycles. The highest BCUT2D eigenvalue weighted by atomic mass is 16.5. The Morgan fingerprint density at radius 1 is 1.27 bits per heavy atom. The van der Waals surface area contributed by atoms with Gasteiger partial charge in [0.2, 0.25) is 11.8 Å². The van der Waals surface area contributed by atoms with Crippen molar-refractivity contribution in [3.05, 3.63) is 48.0 Å². The van der Waals surface area contributed by atoms with E-state index in [9.17, 15) is 9.59 Å². The van der Waals surface area contributed by atoms with Gasteiger partial charge in [0.15, 0.2) is 0 Å². The fourth-order valence-electron chi connectivity index (χ4n) is 2.79. The standard InChI is InChI=1S/C20H29N3O3/c1-15(21)20(25)23-17(8-7-16-5-3-2-4-6-16)9-10-19(24)22-18-11-13-26-14-12-18/h2-6,9-10,15,17-18H,7-8,11-14,21H2,1H3,(H,22,24)(H,23,25)/b10-9+/t15-,17-/m0/s1. The number of hydrogen-bond donors (Lipinski definition) is 3. The SMILES string of the molecule is C[C@H](N)C(=O)N[C@H](/C=C/C(=O)NC1CCOCC1)CCc1ccccc1. The molecule has 1 saturated heterocycles. The van der Waals surface area contributed by atoms with Crippen LogP contribution in [0, 0.1) is 0 Å². The lowest BCUT2D eigenvalue weighted by Gasteiger charge is -2.22. The van der Waals surface area contributed by atoms with E-state index in [1.54, 1.807) is 13.0 Å². The summed E-state index contributed by atoms with van der Waals surface area (Å²) in [6.45, 7) is 3.00. The Morgan fingerprint density at radius 2 is 1.96 bits per heavy atom. The maximum atomic E-state index is 12.1. The van der Waals surface area contributed by atoms with Crippen LogP contribution in [-0.4, -0.2) is 43.2 Å². The topological polar surface area (TPSA) is 93.5 Å². The molecule has 0 aliphatic carbocycles. The van der Waals surface area contributed by atoms with E-state index in [-0.39, 0.29) is 23.9 Å². The Morgan fingerprint density at radius 3 is 2.62 bits per heavy atom. The number of aryl methyl sites for hydroxylation is 1. The molecule has 1 aromatic carbocycles. The van der Waals surface area contributed by atoms with Crippen molar-refractivity contribution in [3.63, 3.8) is 0 Å². The van der Waals surface area contributed by atoms with E-state index in [0.717, 1.165) is 19.3 Å². The Hall–Kier alpha value is -2.18. The minimum absolute atomic E-state index is 0.142. The number of rotatable bonds is 8. The maximum absolute atomic E-state index is 12.1. The molecule has 0 unspecified atom stereocenters. The van der Waals surface area contributed by atoms with Crippen molar-refractivity contribution in [2.45, 2.75) is 50.7 Å². The first kappa shape index (κ1) is 20.1. The predicted octanol–water partition coefficient (Wildman–Crippen LogP) is 1.30. The van der Waals surface area contributed by atoms with Gasteiger partial charge in [0.05, 0.1) is 6.04 Å². The Labute approximate surface area is 155 Å². The molecule has 0 aromatic heterocycles. The molecule has 0 radical (unpaired) electrons. The van der Waals surface area contributed by atoms with Crippen molar-refractivity contribution < 1.29 is 14.3 Å². The molecular weight excluding hydrogens is 330 g/mol. The highest BCUT2D eigenvalue weighted by Gasteiger charge is 2.16. The molecule has 1 aliphatic heterocycles. The molecule has 1 fully saturated rings. The Balaban J connectivity index is 1.90. The Bertz CT molecular complexity index is 596. The zero-order valence-electron chi connectivity index (χ0n) is 15.3. The molecule has 1 aliphatic rings. The molecule has 2 atom stereocenters. The van der Waals surface area contributed by atoms with Crippen molar-refractivity contribution in [1.29, 1.82) is 0 Å². The van der Waals surface area contributed by atoms with Crippen molar-refractivity contribution in [1.82, 2.24) is 10.6 Å². The minimum Gasteiger partial charge on any atom is -0.381 e. The van der Waals surface area contributed by atoms with Gasteiger partial charge in [-0.1, -0.05) is 36.4 Å². The van der Waals surface area contributed by atoms with Gasteiger partial charge in [-0.3, -0.25) is 9.59 Å². The lowest BCUT2D eigenvalue weighted by atomic mass is 10.0. The van der Waals surface area contributed by atoms with Gasteiger partial charge < -0.3 is 21.1 Å². The highest BCUT2D eigenvalue weighted by molar-refractivity contribution is 5.88. The van der Waals surface area contributed by atoms with Crippen LogP contribution < -0.4 is 16.4 Å². The number of ether oxygens (including phenoxy) is 1. The summed E-state index contributed by atoms with van der Waals surface area (Å²) in [6, 6.07) is 9.37. The molecule has 2 rings (SSSR count). The van der Waals surface area contributed by atoms with E-state index >= 15 is 0 Å². The van der Waals surface area contributed by atoms with Gasteiger partial charge >= 0.3 is 0 Å². The maximum Gasteiger partial charge on any atom is 0.243 e. The van der Waals surface area contributed by atoms with Crippen LogP contribution in [0.5, 0.6) is 0 Å². The number of carbonyl (C=O) groups excluding carboxylic acids is 2. The number of amides is 2. The van der Waals surface area contributed by atoms with Gasteiger partial charge in [-0.05, 0) is 38.2 Å². The summed E-state index contributed by atoms with van der Waals surface area (Å²) < 4.78 is 5.29. The molecule has 1 aromatic rings. The molecule has 2 amide bonds. The smallest absolute Gasteiger partial charge is 0.243 e.